The van der Waals surface area contributed by atoms with Crippen LogP contribution in [-0.2, 0) is 21.4 Å². The van der Waals surface area contributed by atoms with E-state index in [0.717, 1.165) is 24.0 Å². The first-order valence-corrected chi connectivity index (χ1v) is 12.7. The first-order valence-electron chi connectivity index (χ1n) is 12.7. The molecule has 37 heavy (non-hydrogen) atoms. The number of benzene rings is 3. The minimum absolute atomic E-state index is 0.0213. The quantitative estimate of drug-likeness (QED) is 0.267. The lowest BCUT2D eigenvalue weighted by Crippen LogP contribution is -2.45. The van der Waals surface area contributed by atoms with Crippen molar-refractivity contribution in [3.05, 3.63) is 101 Å². The molecule has 1 unspecified atom stereocenters. The van der Waals surface area contributed by atoms with Crippen molar-refractivity contribution in [3.63, 3.8) is 0 Å². The zero-order chi connectivity index (χ0) is 26.8. The Labute approximate surface area is 219 Å². The average molecular weight is 501 g/mol. The molecule has 6 heteroatoms. The summed E-state index contributed by atoms with van der Waals surface area (Å²) >= 11 is 0. The lowest BCUT2D eigenvalue weighted by molar-refractivity contribution is -0.118. The van der Waals surface area contributed by atoms with Gasteiger partial charge in [0.2, 0.25) is 5.91 Å². The van der Waals surface area contributed by atoms with Gasteiger partial charge in [0.15, 0.2) is 0 Å². The summed E-state index contributed by atoms with van der Waals surface area (Å²) in [6, 6.07) is 22.7. The molecule has 2 N–H and O–H groups in total. The van der Waals surface area contributed by atoms with Crippen molar-refractivity contribution in [2.75, 3.05) is 11.9 Å². The number of unbranched alkanes of at least 4 members (excludes halogenated alkanes) is 1. The third-order valence-electron chi connectivity index (χ3n) is 6.04. The van der Waals surface area contributed by atoms with E-state index in [1.54, 1.807) is 36.4 Å². The van der Waals surface area contributed by atoms with Gasteiger partial charge in [0, 0.05) is 17.7 Å². The van der Waals surface area contributed by atoms with Crippen LogP contribution in [0.1, 0.15) is 72.4 Å². The standard InChI is InChI=1S/C31H36N2O4/c1-5-6-20-37-30(36)24-14-18-26(19-15-24)32-29(35)27(21-22-10-8-7-9-11-22)33-28(34)23-12-16-25(17-13-23)31(2,3)4/h7-19,27H,5-6,20-21H2,1-4H3,(H,32,35)(H,33,34). The van der Waals surface area contributed by atoms with Gasteiger partial charge < -0.3 is 15.4 Å². The van der Waals surface area contributed by atoms with E-state index in [1.807, 2.05) is 49.4 Å². The highest BCUT2D eigenvalue weighted by Crippen LogP contribution is 2.22. The zero-order valence-corrected chi connectivity index (χ0v) is 22.0. The van der Waals surface area contributed by atoms with Gasteiger partial charge >= 0.3 is 5.97 Å². The van der Waals surface area contributed by atoms with Crippen LogP contribution in [0.3, 0.4) is 0 Å². The van der Waals surface area contributed by atoms with E-state index in [0.29, 0.717) is 29.8 Å². The molecule has 0 aliphatic carbocycles. The van der Waals surface area contributed by atoms with Gasteiger partial charge in [-0.1, -0.05) is 76.6 Å². The van der Waals surface area contributed by atoms with Crippen LogP contribution in [0.2, 0.25) is 0 Å². The van der Waals surface area contributed by atoms with E-state index >= 15 is 0 Å². The minimum Gasteiger partial charge on any atom is -0.462 e. The van der Waals surface area contributed by atoms with Gasteiger partial charge in [0.1, 0.15) is 6.04 Å². The van der Waals surface area contributed by atoms with E-state index in [9.17, 15) is 14.4 Å². The number of ether oxygens (including phenoxy) is 1. The molecule has 0 fully saturated rings. The first kappa shape index (κ1) is 27.7. The van der Waals surface area contributed by atoms with Gasteiger partial charge in [-0.3, -0.25) is 9.59 Å². The number of amides is 2. The van der Waals surface area contributed by atoms with Crippen molar-refractivity contribution in [2.45, 2.75) is 58.4 Å². The summed E-state index contributed by atoms with van der Waals surface area (Å²) in [5, 5.41) is 5.75. The van der Waals surface area contributed by atoms with E-state index in [-0.39, 0.29) is 17.2 Å². The zero-order valence-electron chi connectivity index (χ0n) is 22.0. The van der Waals surface area contributed by atoms with Crippen LogP contribution in [0.25, 0.3) is 0 Å². The minimum atomic E-state index is -0.795. The summed E-state index contributed by atoms with van der Waals surface area (Å²) in [6.07, 6.45) is 2.09. The summed E-state index contributed by atoms with van der Waals surface area (Å²) in [5.41, 5.74) is 3.47. The summed E-state index contributed by atoms with van der Waals surface area (Å²) in [5.74, 6) is -1.05. The number of anilines is 1. The van der Waals surface area contributed by atoms with Crippen LogP contribution in [0, 0.1) is 0 Å². The Hall–Kier alpha value is -3.93. The Balaban J connectivity index is 1.71. The van der Waals surface area contributed by atoms with Gasteiger partial charge in [-0.2, -0.15) is 0 Å². The van der Waals surface area contributed by atoms with E-state index in [2.05, 4.69) is 31.4 Å². The maximum atomic E-state index is 13.2. The molecule has 3 rings (SSSR count). The van der Waals surface area contributed by atoms with Gasteiger partial charge in [-0.25, -0.2) is 4.79 Å². The highest BCUT2D eigenvalue weighted by Gasteiger charge is 2.23. The number of hydrogen-bond donors (Lipinski definition) is 2. The van der Waals surface area contributed by atoms with Gasteiger partial charge in [-0.05, 0) is 59.4 Å². The summed E-state index contributed by atoms with van der Waals surface area (Å²) in [4.78, 5) is 38.4. The summed E-state index contributed by atoms with van der Waals surface area (Å²) in [6.45, 7) is 8.76. The third kappa shape index (κ3) is 8.31. The van der Waals surface area contributed by atoms with Crippen LogP contribution < -0.4 is 10.6 Å². The van der Waals surface area contributed by atoms with E-state index in [4.69, 9.17) is 4.74 Å². The SMILES string of the molecule is CCCCOC(=O)c1ccc(NC(=O)C(Cc2ccccc2)NC(=O)c2ccc(C(C)(C)C)cc2)cc1. The molecule has 0 heterocycles. The van der Waals surface area contributed by atoms with Crippen molar-refractivity contribution in [1.29, 1.82) is 0 Å². The van der Waals surface area contributed by atoms with Crippen molar-refractivity contribution in [2.24, 2.45) is 0 Å². The monoisotopic (exact) mass is 500 g/mol. The maximum absolute atomic E-state index is 13.2. The topological polar surface area (TPSA) is 84.5 Å². The van der Waals surface area contributed by atoms with Crippen molar-refractivity contribution < 1.29 is 19.1 Å². The third-order valence-corrected chi connectivity index (χ3v) is 6.04. The molecule has 0 aliphatic rings. The molecule has 0 aliphatic heterocycles. The van der Waals surface area contributed by atoms with Crippen LogP contribution in [0.15, 0.2) is 78.9 Å². The smallest absolute Gasteiger partial charge is 0.338 e. The number of carbonyl (C=O) groups excluding carboxylic acids is 3. The Morgan fingerprint density at radius 1 is 0.838 bits per heavy atom. The molecule has 0 aromatic heterocycles. The average Bonchev–Trinajstić information content (AvgIpc) is 2.89. The second-order valence-electron chi connectivity index (χ2n) is 10.1. The molecule has 0 saturated carbocycles. The van der Waals surface area contributed by atoms with Gasteiger partial charge in [0.25, 0.3) is 5.91 Å². The van der Waals surface area contributed by atoms with E-state index in [1.165, 1.54) is 0 Å². The van der Waals surface area contributed by atoms with Crippen LogP contribution in [0.5, 0.6) is 0 Å². The molecule has 0 saturated heterocycles. The molecule has 2 amide bonds. The van der Waals surface area contributed by atoms with E-state index < -0.39 is 12.0 Å². The summed E-state index contributed by atoms with van der Waals surface area (Å²) < 4.78 is 5.23. The normalized spacial score (nSPS) is 11.9. The molecule has 0 spiro atoms. The fourth-order valence-electron chi connectivity index (χ4n) is 3.73. The Morgan fingerprint density at radius 2 is 1.46 bits per heavy atom. The number of rotatable bonds is 10. The van der Waals surface area contributed by atoms with Crippen molar-refractivity contribution >= 4 is 23.5 Å². The number of carbonyl (C=O) groups is 3. The van der Waals surface area contributed by atoms with Crippen molar-refractivity contribution in [3.8, 4) is 0 Å². The Bertz CT molecular complexity index is 1180. The molecule has 3 aromatic rings. The summed E-state index contributed by atoms with van der Waals surface area (Å²) in [7, 11) is 0. The second kappa shape index (κ2) is 12.9. The second-order valence-corrected chi connectivity index (χ2v) is 10.1. The molecular formula is C31H36N2O4. The predicted molar refractivity (Wildman–Crippen MR) is 147 cm³/mol. The highest BCUT2D eigenvalue weighted by molar-refractivity contribution is 6.01. The van der Waals surface area contributed by atoms with Gasteiger partial charge in [-0.15, -0.1) is 0 Å². The predicted octanol–water partition coefficient (Wildman–Crippen LogP) is 5.92. The largest absolute Gasteiger partial charge is 0.462 e. The molecule has 6 nitrogen and oxygen atoms in total. The number of esters is 1. The maximum Gasteiger partial charge on any atom is 0.338 e. The molecule has 1 atom stereocenters. The van der Waals surface area contributed by atoms with Gasteiger partial charge in [0.05, 0.1) is 12.2 Å². The molecular weight excluding hydrogens is 464 g/mol. The fourth-order valence-corrected chi connectivity index (χ4v) is 3.73. The number of hydrogen-bond acceptors (Lipinski definition) is 4. The Morgan fingerprint density at radius 3 is 2.05 bits per heavy atom. The lowest BCUT2D eigenvalue weighted by atomic mass is 9.86. The molecule has 0 radical (unpaired) electrons. The Kier molecular flexibility index (Phi) is 9.61. The fraction of sp³-hybridized carbons (Fsp3) is 0.323. The van der Waals surface area contributed by atoms with Crippen molar-refractivity contribution in [1.82, 2.24) is 5.32 Å². The number of nitrogens with one attached hydrogen (secondary N) is 2. The van der Waals surface area contributed by atoms with Crippen LogP contribution in [-0.4, -0.2) is 30.4 Å². The molecule has 3 aromatic carbocycles. The molecule has 0 bridgehead atoms. The van der Waals surface area contributed by atoms with Crippen LogP contribution in [0.4, 0.5) is 5.69 Å². The molecule has 194 valence electrons. The van der Waals surface area contributed by atoms with Crippen LogP contribution >= 0.6 is 0 Å². The first-order chi connectivity index (χ1) is 17.7. The lowest BCUT2D eigenvalue weighted by Gasteiger charge is -2.21. The highest BCUT2D eigenvalue weighted by atomic mass is 16.5.